The molecule has 1 aromatic carbocycles. The third-order valence-electron chi connectivity index (χ3n) is 4.15. The lowest BCUT2D eigenvalue weighted by molar-refractivity contribution is -0.131. The number of carbonyl (C=O) groups is 1. The van der Waals surface area contributed by atoms with Gasteiger partial charge in [-0.3, -0.25) is 9.69 Å². The Kier molecular flexibility index (Phi) is 5.62. The summed E-state index contributed by atoms with van der Waals surface area (Å²) in [5.74, 6) is 0.649. The first-order valence-corrected chi connectivity index (χ1v) is 7.80. The second kappa shape index (κ2) is 7.25. The maximum Gasteiger partial charge on any atom is 0.236 e. The molecule has 0 aromatic heterocycles. The van der Waals surface area contributed by atoms with E-state index < -0.39 is 0 Å². The van der Waals surface area contributed by atoms with Gasteiger partial charge in [-0.15, -0.1) is 0 Å². The van der Waals surface area contributed by atoms with E-state index in [1.165, 1.54) is 0 Å². The molecule has 0 spiro atoms. The maximum atomic E-state index is 12.3. The van der Waals surface area contributed by atoms with E-state index in [0.29, 0.717) is 24.0 Å². The molecular weight excluding hydrogens is 286 g/mol. The van der Waals surface area contributed by atoms with Crippen molar-refractivity contribution in [3.63, 3.8) is 0 Å². The zero-order valence-corrected chi connectivity index (χ0v) is 13.5. The molecule has 21 heavy (non-hydrogen) atoms. The van der Waals surface area contributed by atoms with Crippen LogP contribution < -0.4 is 5.73 Å². The van der Waals surface area contributed by atoms with Gasteiger partial charge in [-0.2, -0.15) is 0 Å². The van der Waals surface area contributed by atoms with E-state index in [2.05, 4.69) is 4.90 Å². The van der Waals surface area contributed by atoms with Crippen molar-refractivity contribution in [2.24, 2.45) is 11.7 Å². The minimum atomic E-state index is 0.139. The molecule has 2 rings (SSSR count). The summed E-state index contributed by atoms with van der Waals surface area (Å²) in [4.78, 5) is 16.2. The monoisotopic (exact) mass is 309 g/mol. The third-order valence-corrected chi connectivity index (χ3v) is 4.38. The van der Waals surface area contributed by atoms with E-state index in [1.54, 1.807) is 4.90 Å². The normalized spacial score (nSPS) is 20.5. The molecule has 1 aliphatic rings. The lowest BCUT2D eigenvalue weighted by Gasteiger charge is -2.22. The zero-order chi connectivity index (χ0) is 15.4. The van der Waals surface area contributed by atoms with Crippen LogP contribution in [-0.2, 0) is 11.3 Å². The van der Waals surface area contributed by atoms with Crippen molar-refractivity contribution in [1.82, 2.24) is 9.80 Å². The third kappa shape index (κ3) is 4.70. The van der Waals surface area contributed by atoms with Crippen LogP contribution >= 0.6 is 11.6 Å². The van der Waals surface area contributed by atoms with Gasteiger partial charge in [0.25, 0.3) is 0 Å². The Bertz CT molecular complexity index is 492. The summed E-state index contributed by atoms with van der Waals surface area (Å²) in [6.45, 7) is 4.99. The Morgan fingerprint density at radius 3 is 2.95 bits per heavy atom. The minimum absolute atomic E-state index is 0.139. The number of likely N-dealkylation sites (N-methyl/N-ethyl adjacent to an activating group) is 1. The van der Waals surface area contributed by atoms with E-state index in [-0.39, 0.29) is 11.9 Å². The molecule has 1 heterocycles. The topological polar surface area (TPSA) is 49.6 Å². The smallest absolute Gasteiger partial charge is 0.236 e. The fourth-order valence-corrected chi connectivity index (χ4v) is 2.96. The molecule has 4 nitrogen and oxygen atoms in total. The van der Waals surface area contributed by atoms with Crippen molar-refractivity contribution in [3.05, 3.63) is 34.9 Å². The zero-order valence-electron chi connectivity index (χ0n) is 12.8. The summed E-state index contributed by atoms with van der Waals surface area (Å²) >= 11 is 5.97. The molecule has 1 saturated heterocycles. The highest BCUT2D eigenvalue weighted by atomic mass is 35.5. The predicted octanol–water partition coefficient (Wildman–Crippen LogP) is 1.97. The Hall–Kier alpha value is -1.10. The number of amides is 1. The van der Waals surface area contributed by atoms with Crippen LogP contribution in [0.25, 0.3) is 0 Å². The minimum Gasteiger partial charge on any atom is -0.340 e. The highest BCUT2D eigenvalue weighted by Gasteiger charge is 2.27. The molecule has 2 atom stereocenters. The number of nitrogens with zero attached hydrogens (tertiary/aromatic N) is 2. The molecular formula is C16H24ClN3O. The van der Waals surface area contributed by atoms with Crippen LogP contribution in [-0.4, -0.2) is 48.4 Å². The molecule has 5 heteroatoms. The number of benzene rings is 1. The van der Waals surface area contributed by atoms with Gasteiger partial charge in [0.15, 0.2) is 0 Å². The van der Waals surface area contributed by atoms with Crippen LogP contribution in [0.2, 0.25) is 5.02 Å². The van der Waals surface area contributed by atoms with Crippen molar-refractivity contribution in [2.45, 2.75) is 25.9 Å². The molecule has 0 radical (unpaired) electrons. The number of hydrogen-bond donors (Lipinski definition) is 1. The van der Waals surface area contributed by atoms with Crippen molar-refractivity contribution >= 4 is 17.5 Å². The van der Waals surface area contributed by atoms with Gasteiger partial charge in [0.2, 0.25) is 5.91 Å². The molecule has 1 aromatic rings. The summed E-state index contributed by atoms with van der Waals surface area (Å²) in [6.07, 6.45) is 1.09. The number of nitrogens with two attached hydrogens (primary N) is 1. The first-order chi connectivity index (χ1) is 9.95. The lowest BCUT2D eigenvalue weighted by Crippen LogP contribution is -2.38. The van der Waals surface area contributed by atoms with Gasteiger partial charge in [-0.1, -0.05) is 23.7 Å². The second-order valence-corrected chi connectivity index (χ2v) is 6.46. The fraction of sp³-hybridized carbons (Fsp3) is 0.562. The summed E-state index contributed by atoms with van der Waals surface area (Å²) in [7, 11) is 1.84. The van der Waals surface area contributed by atoms with E-state index in [4.69, 9.17) is 17.3 Å². The van der Waals surface area contributed by atoms with Crippen LogP contribution in [0.4, 0.5) is 0 Å². The predicted molar refractivity (Wildman–Crippen MR) is 86.1 cm³/mol. The second-order valence-electron chi connectivity index (χ2n) is 6.02. The van der Waals surface area contributed by atoms with E-state index in [0.717, 1.165) is 25.1 Å². The molecule has 1 fully saturated rings. The molecule has 1 aliphatic heterocycles. The first-order valence-electron chi connectivity index (χ1n) is 7.42. The average molecular weight is 310 g/mol. The molecule has 0 bridgehead atoms. The van der Waals surface area contributed by atoms with Crippen molar-refractivity contribution < 1.29 is 4.79 Å². The van der Waals surface area contributed by atoms with Crippen LogP contribution in [0.3, 0.4) is 0 Å². The van der Waals surface area contributed by atoms with Crippen LogP contribution in [0.15, 0.2) is 24.3 Å². The summed E-state index contributed by atoms with van der Waals surface area (Å²) < 4.78 is 0. The Morgan fingerprint density at radius 2 is 2.33 bits per heavy atom. The SMILES string of the molecule is CC(N)C1CCN(CC(=O)N(C)Cc2cccc(Cl)c2)C1. The van der Waals surface area contributed by atoms with Gasteiger partial charge in [-0.25, -0.2) is 0 Å². The van der Waals surface area contributed by atoms with E-state index in [1.807, 2.05) is 38.2 Å². The average Bonchev–Trinajstić information content (AvgIpc) is 2.87. The number of carbonyl (C=O) groups excluding carboxylic acids is 1. The number of rotatable bonds is 5. The first kappa shape index (κ1) is 16.3. The molecule has 2 unspecified atom stereocenters. The molecule has 116 valence electrons. The fourth-order valence-electron chi connectivity index (χ4n) is 2.74. The Morgan fingerprint density at radius 1 is 1.57 bits per heavy atom. The van der Waals surface area contributed by atoms with E-state index >= 15 is 0 Å². The lowest BCUT2D eigenvalue weighted by atomic mass is 10.0. The van der Waals surface area contributed by atoms with Crippen molar-refractivity contribution in [1.29, 1.82) is 0 Å². The van der Waals surface area contributed by atoms with E-state index in [9.17, 15) is 4.79 Å². The highest BCUT2D eigenvalue weighted by Crippen LogP contribution is 2.18. The maximum absolute atomic E-state index is 12.3. The van der Waals surface area contributed by atoms with Crippen LogP contribution in [0, 0.1) is 5.92 Å². The van der Waals surface area contributed by atoms with Crippen molar-refractivity contribution in [3.8, 4) is 0 Å². The van der Waals surface area contributed by atoms with Gasteiger partial charge in [0.05, 0.1) is 6.54 Å². The Labute approximate surface area is 131 Å². The standard InChI is InChI=1S/C16H24ClN3O/c1-12(18)14-6-7-20(10-14)11-16(21)19(2)9-13-4-3-5-15(17)8-13/h3-5,8,12,14H,6-7,9-11,18H2,1-2H3. The van der Waals surface area contributed by atoms with Gasteiger partial charge < -0.3 is 10.6 Å². The number of hydrogen-bond acceptors (Lipinski definition) is 3. The molecule has 1 amide bonds. The summed E-state index contributed by atoms with van der Waals surface area (Å²) in [6, 6.07) is 7.83. The molecule has 0 saturated carbocycles. The van der Waals surface area contributed by atoms with Gasteiger partial charge in [-0.05, 0) is 43.5 Å². The largest absolute Gasteiger partial charge is 0.340 e. The summed E-state index contributed by atoms with van der Waals surface area (Å²) in [5.41, 5.74) is 6.98. The quantitative estimate of drug-likeness (QED) is 0.904. The number of likely N-dealkylation sites (tertiary alicyclic amines) is 1. The van der Waals surface area contributed by atoms with Crippen LogP contribution in [0.1, 0.15) is 18.9 Å². The molecule has 0 aliphatic carbocycles. The van der Waals surface area contributed by atoms with Crippen LogP contribution in [0.5, 0.6) is 0 Å². The molecule has 2 N–H and O–H groups in total. The number of halogens is 1. The Balaban J connectivity index is 1.83. The van der Waals surface area contributed by atoms with Gasteiger partial charge in [0.1, 0.15) is 0 Å². The van der Waals surface area contributed by atoms with Crippen molar-refractivity contribution in [2.75, 3.05) is 26.7 Å². The van der Waals surface area contributed by atoms with Gasteiger partial charge >= 0.3 is 0 Å². The highest BCUT2D eigenvalue weighted by molar-refractivity contribution is 6.30. The summed E-state index contributed by atoms with van der Waals surface area (Å²) in [5, 5.41) is 0.702. The van der Waals surface area contributed by atoms with Gasteiger partial charge in [0, 0.05) is 31.2 Å².